The maximum absolute atomic E-state index is 9.85. The number of rotatable bonds is 2. The Morgan fingerprint density at radius 1 is 1.35 bits per heavy atom. The highest BCUT2D eigenvalue weighted by Gasteiger charge is 2.25. The molecule has 3 heteroatoms. The number of methoxy groups -OCH3 is 1. The van der Waals surface area contributed by atoms with Gasteiger partial charge in [-0.1, -0.05) is 6.08 Å². The Hall–Kier alpha value is -1.48. The van der Waals surface area contributed by atoms with E-state index < -0.39 is 6.10 Å². The first-order valence-corrected chi connectivity index (χ1v) is 5.72. The minimum Gasteiger partial charge on any atom is -0.496 e. The fraction of sp³-hybridized carbons (Fsp3) is 0.429. The molecule has 1 aromatic rings. The molecule has 0 amide bonds. The number of benzene rings is 1. The Morgan fingerprint density at radius 2 is 2.06 bits per heavy atom. The zero-order chi connectivity index (χ0) is 12.6. The number of aliphatic hydroxyl groups is 1. The summed E-state index contributed by atoms with van der Waals surface area (Å²) >= 11 is 0. The SMILES string of the molecule is COc1ccc2c(c1C(C)O)C=CC(C)(C)O2. The Balaban J connectivity index is 2.59. The van der Waals surface area contributed by atoms with Gasteiger partial charge in [-0.05, 0) is 39.0 Å². The van der Waals surface area contributed by atoms with Crippen LogP contribution in [0.25, 0.3) is 6.08 Å². The largest absolute Gasteiger partial charge is 0.496 e. The van der Waals surface area contributed by atoms with Crippen LogP contribution < -0.4 is 9.47 Å². The number of aliphatic hydroxyl groups excluding tert-OH is 1. The predicted molar refractivity (Wildman–Crippen MR) is 67.4 cm³/mol. The van der Waals surface area contributed by atoms with Gasteiger partial charge >= 0.3 is 0 Å². The van der Waals surface area contributed by atoms with E-state index in [1.54, 1.807) is 14.0 Å². The van der Waals surface area contributed by atoms with Gasteiger partial charge in [0.25, 0.3) is 0 Å². The third-order valence-corrected chi connectivity index (χ3v) is 2.87. The van der Waals surface area contributed by atoms with Gasteiger partial charge in [0, 0.05) is 11.1 Å². The lowest BCUT2D eigenvalue weighted by Gasteiger charge is -2.30. The van der Waals surface area contributed by atoms with Gasteiger partial charge < -0.3 is 14.6 Å². The molecule has 1 heterocycles. The van der Waals surface area contributed by atoms with Crippen LogP contribution in [0.1, 0.15) is 38.0 Å². The molecule has 0 aliphatic carbocycles. The van der Waals surface area contributed by atoms with Crippen molar-refractivity contribution in [1.82, 2.24) is 0 Å². The average Bonchev–Trinajstić information content (AvgIpc) is 2.25. The standard InChI is InChI=1S/C14H18O3/c1-9(15)13-10-7-8-14(2,3)17-11(10)5-6-12(13)16-4/h5-9,15H,1-4H3. The van der Waals surface area contributed by atoms with E-state index in [2.05, 4.69) is 0 Å². The van der Waals surface area contributed by atoms with Gasteiger partial charge in [-0.15, -0.1) is 0 Å². The van der Waals surface area contributed by atoms with Crippen molar-refractivity contribution < 1.29 is 14.6 Å². The molecular weight excluding hydrogens is 216 g/mol. The predicted octanol–water partition coefficient (Wildman–Crippen LogP) is 2.93. The van der Waals surface area contributed by atoms with Crippen molar-refractivity contribution in [2.24, 2.45) is 0 Å². The molecule has 92 valence electrons. The van der Waals surface area contributed by atoms with Crippen LogP contribution in [0, 0.1) is 0 Å². The molecule has 1 aliphatic rings. The summed E-state index contributed by atoms with van der Waals surface area (Å²) in [6, 6.07) is 3.71. The van der Waals surface area contributed by atoms with Crippen molar-refractivity contribution in [3.8, 4) is 11.5 Å². The Morgan fingerprint density at radius 3 is 2.65 bits per heavy atom. The first-order valence-electron chi connectivity index (χ1n) is 5.72. The van der Waals surface area contributed by atoms with Crippen LogP contribution in [0.5, 0.6) is 11.5 Å². The molecule has 0 aromatic heterocycles. The highest BCUT2D eigenvalue weighted by molar-refractivity contribution is 5.68. The van der Waals surface area contributed by atoms with Gasteiger partial charge in [0.2, 0.25) is 0 Å². The summed E-state index contributed by atoms with van der Waals surface area (Å²) in [5.74, 6) is 1.47. The van der Waals surface area contributed by atoms with E-state index >= 15 is 0 Å². The topological polar surface area (TPSA) is 38.7 Å². The summed E-state index contributed by atoms with van der Waals surface area (Å²) in [7, 11) is 1.60. The highest BCUT2D eigenvalue weighted by Crippen LogP contribution is 2.40. The molecule has 0 saturated heterocycles. The second-order valence-electron chi connectivity index (χ2n) is 4.81. The van der Waals surface area contributed by atoms with Crippen molar-refractivity contribution in [1.29, 1.82) is 0 Å². The molecular formula is C14H18O3. The van der Waals surface area contributed by atoms with Crippen molar-refractivity contribution in [3.63, 3.8) is 0 Å². The van der Waals surface area contributed by atoms with Crippen molar-refractivity contribution >= 4 is 6.08 Å². The van der Waals surface area contributed by atoms with E-state index in [9.17, 15) is 5.11 Å². The van der Waals surface area contributed by atoms with Crippen LogP contribution in [0.2, 0.25) is 0 Å². The van der Waals surface area contributed by atoms with Crippen LogP contribution in [0.15, 0.2) is 18.2 Å². The van der Waals surface area contributed by atoms with Crippen LogP contribution in [0.4, 0.5) is 0 Å². The van der Waals surface area contributed by atoms with E-state index in [1.165, 1.54) is 0 Å². The van der Waals surface area contributed by atoms with Crippen molar-refractivity contribution in [3.05, 3.63) is 29.3 Å². The molecule has 1 unspecified atom stereocenters. The molecule has 1 aromatic carbocycles. The molecule has 1 N–H and O–H groups in total. The summed E-state index contributed by atoms with van der Waals surface area (Å²) in [6.45, 7) is 5.73. The van der Waals surface area contributed by atoms with Gasteiger partial charge in [0.1, 0.15) is 17.1 Å². The Labute approximate surface area is 102 Å². The monoisotopic (exact) mass is 234 g/mol. The van der Waals surface area contributed by atoms with E-state index in [1.807, 2.05) is 38.1 Å². The molecule has 3 nitrogen and oxygen atoms in total. The van der Waals surface area contributed by atoms with Crippen molar-refractivity contribution in [2.75, 3.05) is 7.11 Å². The molecule has 0 radical (unpaired) electrons. The fourth-order valence-corrected chi connectivity index (χ4v) is 2.07. The summed E-state index contributed by atoms with van der Waals surface area (Å²) in [5, 5.41) is 9.85. The van der Waals surface area contributed by atoms with Gasteiger partial charge in [-0.25, -0.2) is 0 Å². The summed E-state index contributed by atoms with van der Waals surface area (Å²) in [4.78, 5) is 0. The lowest BCUT2D eigenvalue weighted by molar-refractivity contribution is 0.155. The first-order chi connectivity index (χ1) is 7.94. The van der Waals surface area contributed by atoms with Gasteiger partial charge in [0.05, 0.1) is 13.2 Å². The maximum atomic E-state index is 9.85. The van der Waals surface area contributed by atoms with Crippen LogP contribution in [0.3, 0.4) is 0 Å². The second kappa shape index (κ2) is 4.08. The maximum Gasteiger partial charge on any atom is 0.128 e. The normalized spacial score (nSPS) is 18.2. The zero-order valence-corrected chi connectivity index (χ0v) is 10.7. The van der Waals surface area contributed by atoms with E-state index in [0.29, 0.717) is 5.75 Å². The lowest BCUT2D eigenvalue weighted by atomic mass is 9.95. The van der Waals surface area contributed by atoms with Crippen molar-refractivity contribution in [2.45, 2.75) is 32.5 Å². The summed E-state index contributed by atoms with van der Waals surface area (Å²) in [5.41, 5.74) is 1.37. The van der Waals surface area contributed by atoms with Gasteiger partial charge in [0.15, 0.2) is 0 Å². The molecule has 0 spiro atoms. The molecule has 0 fully saturated rings. The van der Waals surface area contributed by atoms with Crippen LogP contribution in [-0.4, -0.2) is 17.8 Å². The highest BCUT2D eigenvalue weighted by atomic mass is 16.5. The summed E-state index contributed by atoms with van der Waals surface area (Å²) in [6.07, 6.45) is 3.39. The summed E-state index contributed by atoms with van der Waals surface area (Å²) < 4.78 is 11.1. The average molecular weight is 234 g/mol. The number of hydrogen-bond acceptors (Lipinski definition) is 3. The number of ether oxygens (including phenoxy) is 2. The quantitative estimate of drug-likeness (QED) is 0.855. The van der Waals surface area contributed by atoms with E-state index in [0.717, 1.165) is 16.9 Å². The molecule has 0 bridgehead atoms. The van der Waals surface area contributed by atoms with E-state index in [-0.39, 0.29) is 5.60 Å². The second-order valence-corrected chi connectivity index (χ2v) is 4.81. The molecule has 0 saturated carbocycles. The lowest BCUT2D eigenvalue weighted by Crippen LogP contribution is -2.28. The smallest absolute Gasteiger partial charge is 0.128 e. The number of fused-ring (bicyclic) bond motifs is 1. The van der Waals surface area contributed by atoms with E-state index in [4.69, 9.17) is 9.47 Å². The molecule has 1 aliphatic heterocycles. The van der Waals surface area contributed by atoms with Crippen LogP contribution >= 0.6 is 0 Å². The van der Waals surface area contributed by atoms with Gasteiger partial charge in [-0.2, -0.15) is 0 Å². The third-order valence-electron chi connectivity index (χ3n) is 2.87. The number of hydrogen-bond donors (Lipinski definition) is 1. The van der Waals surface area contributed by atoms with Crippen LogP contribution in [-0.2, 0) is 0 Å². The Kier molecular flexibility index (Phi) is 2.87. The zero-order valence-electron chi connectivity index (χ0n) is 10.7. The minimum atomic E-state index is -0.589. The molecule has 17 heavy (non-hydrogen) atoms. The fourth-order valence-electron chi connectivity index (χ4n) is 2.07. The molecule has 2 rings (SSSR count). The molecule has 1 atom stereocenters. The third kappa shape index (κ3) is 2.15. The first kappa shape index (κ1) is 12.0. The minimum absolute atomic E-state index is 0.308. The van der Waals surface area contributed by atoms with Gasteiger partial charge in [-0.3, -0.25) is 0 Å². The Bertz CT molecular complexity index is 459.